The lowest BCUT2D eigenvalue weighted by molar-refractivity contribution is -0.115. The van der Waals surface area contributed by atoms with Gasteiger partial charge >= 0.3 is 0 Å². The van der Waals surface area contributed by atoms with E-state index in [1.807, 2.05) is 17.5 Å². The van der Waals surface area contributed by atoms with Crippen LogP contribution in [0.2, 0.25) is 5.02 Å². The number of benzene rings is 2. The van der Waals surface area contributed by atoms with E-state index in [1.54, 1.807) is 12.1 Å². The molecule has 0 bridgehead atoms. The summed E-state index contributed by atoms with van der Waals surface area (Å²) in [6.07, 6.45) is 0.168. The van der Waals surface area contributed by atoms with Crippen LogP contribution in [-0.4, -0.2) is 10.9 Å². The van der Waals surface area contributed by atoms with Crippen molar-refractivity contribution in [3.8, 4) is 10.6 Å². The van der Waals surface area contributed by atoms with Gasteiger partial charge in [0.25, 0.3) is 0 Å². The number of amides is 1. The molecule has 1 amide bonds. The zero-order valence-corrected chi connectivity index (χ0v) is 13.5. The van der Waals surface area contributed by atoms with Crippen LogP contribution in [0.15, 0.2) is 53.9 Å². The van der Waals surface area contributed by atoms with E-state index in [0.29, 0.717) is 16.4 Å². The molecular formula is C17H12ClFN2OS. The quantitative estimate of drug-likeness (QED) is 0.738. The van der Waals surface area contributed by atoms with Gasteiger partial charge in [-0.15, -0.1) is 11.3 Å². The van der Waals surface area contributed by atoms with Crippen LogP contribution in [0.1, 0.15) is 5.69 Å². The molecule has 0 unspecified atom stereocenters. The van der Waals surface area contributed by atoms with Crippen molar-refractivity contribution in [1.29, 1.82) is 0 Å². The second-order valence-corrected chi connectivity index (χ2v) is 6.18. The summed E-state index contributed by atoms with van der Waals surface area (Å²) in [6.45, 7) is 0. The standard InChI is InChI=1S/C17H12ClFN2OS/c18-12-3-1-11(2-4-12)17-21-15(10-23-17)9-16(22)20-14-7-5-13(19)6-8-14/h1-8,10H,9H2,(H,20,22). The van der Waals surface area contributed by atoms with Gasteiger partial charge < -0.3 is 5.32 Å². The third kappa shape index (κ3) is 4.15. The molecule has 23 heavy (non-hydrogen) atoms. The maximum atomic E-state index is 12.8. The summed E-state index contributed by atoms with van der Waals surface area (Å²) in [5.41, 5.74) is 2.22. The van der Waals surface area contributed by atoms with E-state index >= 15 is 0 Å². The van der Waals surface area contributed by atoms with Gasteiger partial charge in [-0.05, 0) is 36.4 Å². The van der Waals surface area contributed by atoms with Gasteiger partial charge in [0.05, 0.1) is 12.1 Å². The van der Waals surface area contributed by atoms with Crippen molar-refractivity contribution in [3.05, 3.63) is 70.4 Å². The number of hydrogen-bond donors (Lipinski definition) is 1. The highest BCUT2D eigenvalue weighted by Gasteiger charge is 2.09. The van der Waals surface area contributed by atoms with Crippen LogP contribution in [0, 0.1) is 5.82 Å². The summed E-state index contributed by atoms with van der Waals surface area (Å²) >= 11 is 7.34. The lowest BCUT2D eigenvalue weighted by Crippen LogP contribution is -2.14. The smallest absolute Gasteiger partial charge is 0.230 e. The van der Waals surface area contributed by atoms with E-state index in [1.165, 1.54) is 35.6 Å². The minimum absolute atomic E-state index is 0.168. The van der Waals surface area contributed by atoms with Crippen molar-refractivity contribution in [2.75, 3.05) is 5.32 Å². The van der Waals surface area contributed by atoms with Gasteiger partial charge in [0.1, 0.15) is 10.8 Å². The fraction of sp³-hybridized carbons (Fsp3) is 0.0588. The molecule has 0 saturated carbocycles. The molecule has 0 fully saturated rings. The summed E-state index contributed by atoms with van der Waals surface area (Å²) in [7, 11) is 0. The Bertz CT molecular complexity index is 815. The van der Waals surface area contributed by atoms with Gasteiger partial charge in [-0.2, -0.15) is 0 Å². The Kier molecular flexibility index (Phi) is 4.69. The number of nitrogens with zero attached hydrogens (tertiary/aromatic N) is 1. The molecule has 3 rings (SSSR count). The van der Waals surface area contributed by atoms with Crippen molar-refractivity contribution in [2.45, 2.75) is 6.42 Å². The largest absolute Gasteiger partial charge is 0.326 e. The highest BCUT2D eigenvalue weighted by Crippen LogP contribution is 2.25. The molecule has 3 nitrogen and oxygen atoms in total. The van der Waals surface area contributed by atoms with Crippen LogP contribution < -0.4 is 5.32 Å². The minimum Gasteiger partial charge on any atom is -0.326 e. The highest BCUT2D eigenvalue weighted by atomic mass is 35.5. The molecule has 0 aliphatic rings. The summed E-state index contributed by atoms with van der Waals surface area (Å²) < 4.78 is 12.8. The molecule has 116 valence electrons. The van der Waals surface area contributed by atoms with Gasteiger partial charge in [-0.25, -0.2) is 9.37 Å². The maximum Gasteiger partial charge on any atom is 0.230 e. The number of carbonyl (C=O) groups excluding carboxylic acids is 1. The SMILES string of the molecule is O=C(Cc1csc(-c2ccc(Cl)cc2)n1)Nc1ccc(F)cc1. The predicted octanol–water partition coefficient (Wildman–Crippen LogP) is 4.78. The summed E-state index contributed by atoms with van der Waals surface area (Å²) in [5.74, 6) is -0.528. The Morgan fingerprint density at radius 3 is 2.52 bits per heavy atom. The van der Waals surface area contributed by atoms with Crippen LogP contribution in [-0.2, 0) is 11.2 Å². The second-order valence-electron chi connectivity index (χ2n) is 4.88. The molecule has 0 aliphatic carbocycles. The summed E-state index contributed by atoms with van der Waals surface area (Å²) in [4.78, 5) is 16.5. The van der Waals surface area contributed by atoms with Crippen LogP contribution in [0.4, 0.5) is 10.1 Å². The molecule has 0 spiro atoms. The molecule has 0 aliphatic heterocycles. The summed E-state index contributed by atoms with van der Waals surface area (Å²) in [5, 5.41) is 6.08. The van der Waals surface area contributed by atoms with E-state index in [0.717, 1.165) is 10.6 Å². The van der Waals surface area contributed by atoms with E-state index in [9.17, 15) is 9.18 Å². The molecule has 0 atom stereocenters. The van der Waals surface area contributed by atoms with E-state index in [2.05, 4.69) is 10.3 Å². The number of thiazole rings is 1. The Morgan fingerprint density at radius 1 is 1.13 bits per heavy atom. The Morgan fingerprint density at radius 2 is 1.83 bits per heavy atom. The Labute approximate surface area is 141 Å². The normalized spacial score (nSPS) is 10.5. The number of carbonyl (C=O) groups is 1. The minimum atomic E-state index is -0.338. The van der Waals surface area contributed by atoms with Crippen molar-refractivity contribution in [3.63, 3.8) is 0 Å². The molecule has 6 heteroatoms. The Balaban J connectivity index is 1.65. The van der Waals surface area contributed by atoms with Crippen LogP contribution in [0.5, 0.6) is 0 Å². The fourth-order valence-electron chi connectivity index (χ4n) is 2.02. The topological polar surface area (TPSA) is 42.0 Å². The number of anilines is 1. The van der Waals surface area contributed by atoms with Gasteiger partial charge in [-0.3, -0.25) is 4.79 Å². The molecular weight excluding hydrogens is 335 g/mol. The van der Waals surface area contributed by atoms with E-state index in [4.69, 9.17) is 11.6 Å². The number of halogens is 2. The number of aromatic nitrogens is 1. The van der Waals surface area contributed by atoms with Gasteiger partial charge in [0.15, 0.2) is 0 Å². The maximum absolute atomic E-state index is 12.8. The first-order valence-corrected chi connectivity index (χ1v) is 8.12. The molecule has 1 heterocycles. The monoisotopic (exact) mass is 346 g/mol. The van der Waals surface area contributed by atoms with Crippen LogP contribution >= 0.6 is 22.9 Å². The predicted molar refractivity (Wildman–Crippen MR) is 91.3 cm³/mol. The fourth-order valence-corrected chi connectivity index (χ4v) is 2.97. The lowest BCUT2D eigenvalue weighted by atomic mass is 10.2. The number of rotatable bonds is 4. The highest BCUT2D eigenvalue weighted by molar-refractivity contribution is 7.13. The first-order valence-electron chi connectivity index (χ1n) is 6.86. The third-order valence-electron chi connectivity index (χ3n) is 3.11. The molecule has 2 aromatic carbocycles. The van der Waals surface area contributed by atoms with Crippen molar-refractivity contribution < 1.29 is 9.18 Å². The first kappa shape index (κ1) is 15.6. The van der Waals surface area contributed by atoms with Gasteiger partial charge in [-0.1, -0.05) is 23.7 Å². The number of nitrogens with one attached hydrogen (secondary N) is 1. The van der Waals surface area contributed by atoms with Crippen LogP contribution in [0.25, 0.3) is 10.6 Å². The van der Waals surface area contributed by atoms with Gasteiger partial charge in [0.2, 0.25) is 5.91 Å². The van der Waals surface area contributed by atoms with Crippen molar-refractivity contribution >= 4 is 34.5 Å². The summed E-state index contributed by atoms with van der Waals surface area (Å²) in [6, 6.07) is 13.0. The zero-order chi connectivity index (χ0) is 16.2. The molecule has 0 radical (unpaired) electrons. The van der Waals surface area contributed by atoms with Crippen molar-refractivity contribution in [2.24, 2.45) is 0 Å². The molecule has 0 saturated heterocycles. The zero-order valence-electron chi connectivity index (χ0n) is 11.9. The molecule has 3 aromatic rings. The third-order valence-corrected chi connectivity index (χ3v) is 4.30. The van der Waals surface area contributed by atoms with Crippen molar-refractivity contribution in [1.82, 2.24) is 4.98 Å². The average molecular weight is 347 g/mol. The molecule has 1 N–H and O–H groups in total. The van der Waals surface area contributed by atoms with E-state index in [-0.39, 0.29) is 18.1 Å². The molecule has 1 aromatic heterocycles. The average Bonchev–Trinajstić information content (AvgIpc) is 2.98. The lowest BCUT2D eigenvalue weighted by Gasteiger charge is -2.03. The Hall–Kier alpha value is -2.24. The van der Waals surface area contributed by atoms with E-state index < -0.39 is 0 Å². The first-order chi connectivity index (χ1) is 11.1. The van der Waals surface area contributed by atoms with Gasteiger partial charge in [0, 0.05) is 21.7 Å². The number of hydrogen-bond acceptors (Lipinski definition) is 3. The van der Waals surface area contributed by atoms with Crippen LogP contribution in [0.3, 0.4) is 0 Å². The second kappa shape index (κ2) is 6.89.